The summed E-state index contributed by atoms with van der Waals surface area (Å²) in [5.41, 5.74) is -3.88. The van der Waals surface area contributed by atoms with Gasteiger partial charge in [-0.2, -0.15) is 21.6 Å². The Labute approximate surface area is 226 Å². The number of allylic oxidation sites excluding steroid dienone is 4. The van der Waals surface area contributed by atoms with Gasteiger partial charge in [0.25, 0.3) is 0 Å². The molecule has 5 rings (SSSR count). The molecule has 7 atom stereocenters. The van der Waals surface area contributed by atoms with Crippen molar-refractivity contribution in [3.63, 3.8) is 0 Å². The molecule has 0 aromatic rings. The molecule has 0 aliphatic heterocycles. The number of ketones is 1. The van der Waals surface area contributed by atoms with Crippen LogP contribution >= 0.6 is 0 Å². The Morgan fingerprint density at radius 1 is 0.947 bits per heavy atom. The van der Waals surface area contributed by atoms with Crippen molar-refractivity contribution >= 4 is 15.9 Å². The lowest BCUT2D eigenvalue weighted by atomic mass is 9.37. The average Bonchev–Trinajstić information content (AvgIpc) is 3.05. The number of alkyl halides is 3. The first kappa shape index (κ1) is 28.2. The molecule has 0 heterocycles. The highest BCUT2D eigenvalue weighted by molar-refractivity contribution is 7.87. The van der Waals surface area contributed by atoms with Crippen LogP contribution in [0, 0.1) is 51.2 Å². The first-order valence-electron chi connectivity index (χ1n) is 14.3. The van der Waals surface area contributed by atoms with Gasteiger partial charge in [-0.3, -0.25) is 4.79 Å². The molecule has 7 unspecified atom stereocenters. The third-order valence-electron chi connectivity index (χ3n) is 11.9. The summed E-state index contributed by atoms with van der Waals surface area (Å²) in [6, 6.07) is 0. The Balaban J connectivity index is 1.50. The summed E-state index contributed by atoms with van der Waals surface area (Å²) < 4.78 is 67.9. The van der Waals surface area contributed by atoms with Gasteiger partial charge in [0.2, 0.25) is 0 Å². The van der Waals surface area contributed by atoms with Gasteiger partial charge in [0, 0.05) is 11.8 Å². The van der Waals surface area contributed by atoms with Gasteiger partial charge in [-0.25, -0.2) is 0 Å². The van der Waals surface area contributed by atoms with E-state index in [1.807, 2.05) is 13.8 Å². The van der Waals surface area contributed by atoms with Crippen molar-refractivity contribution in [2.24, 2.45) is 51.2 Å². The highest BCUT2D eigenvalue weighted by Gasteiger charge is 2.65. The highest BCUT2D eigenvalue weighted by atomic mass is 32.2. The molecule has 0 amide bonds. The molecule has 38 heavy (non-hydrogen) atoms. The van der Waals surface area contributed by atoms with Crippen molar-refractivity contribution in [1.29, 1.82) is 0 Å². The van der Waals surface area contributed by atoms with Gasteiger partial charge < -0.3 is 4.18 Å². The summed E-state index contributed by atoms with van der Waals surface area (Å²) in [6.45, 7) is 15.0. The molecule has 3 fully saturated rings. The number of hydrogen-bond donors (Lipinski definition) is 0. The van der Waals surface area contributed by atoms with Crippen molar-refractivity contribution in [2.45, 2.75) is 105 Å². The normalized spacial score (nSPS) is 42.7. The fourth-order valence-electron chi connectivity index (χ4n) is 10.5. The number of rotatable bonds is 3. The second kappa shape index (κ2) is 8.36. The fraction of sp³-hybridized carbons (Fsp3) is 0.833. The van der Waals surface area contributed by atoms with Gasteiger partial charge in [0.1, 0.15) is 5.76 Å². The monoisotopic (exact) mass is 556 g/mol. The zero-order valence-corrected chi connectivity index (χ0v) is 24.6. The molecular formula is C30H43F3O4S. The van der Waals surface area contributed by atoms with Crippen molar-refractivity contribution in [3.8, 4) is 0 Å². The summed E-state index contributed by atoms with van der Waals surface area (Å²) >= 11 is 0. The number of halogens is 3. The fourth-order valence-corrected chi connectivity index (χ4v) is 11.1. The molecule has 0 aromatic heterocycles. The Morgan fingerprint density at radius 3 is 2.21 bits per heavy atom. The van der Waals surface area contributed by atoms with Crippen LogP contribution in [0.15, 0.2) is 23.0 Å². The molecule has 5 aliphatic rings. The molecule has 0 N–H and O–H groups in total. The van der Waals surface area contributed by atoms with Crippen molar-refractivity contribution in [2.75, 3.05) is 0 Å². The molecule has 5 aliphatic carbocycles. The van der Waals surface area contributed by atoms with Crippen LogP contribution in [0.4, 0.5) is 13.2 Å². The maximum Gasteiger partial charge on any atom is 0.534 e. The lowest BCUT2D eigenvalue weighted by Crippen LogP contribution is -2.60. The van der Waals surface area contributed by atoms with Gasteiger partial charge in [-0.05, 0) is 102 Å². The van der Waals surface area contributed by atoms with E-state index in [2.05, 4.69) is 34.6 Å². The van der Waals surface area contributed by atoms with Crippen LogP contribution in [0.1, 0.15) is 99.8 Å². The van der Waals surface area contributed by atoms with Gasteiger partial charge in [-0.15, -0.1) is 0 Å². The van der Waals surface area contributed by atoms with Crippen LogP contribution in [0.2, 0.25) is 0 Å². The molecule has 4 nitrogen and oxygen atoms in total. The molecule has 0 bridgehead atoms. The topological polar surface area (TPSA) is 60.4 Å². The zero-order chi connectivity index (χ0) is 28.3. The molecule has 214 valence electrons. The van der Waals surface area contributed by atoms with Crippen LogP contribution in [-0.4, -0.2) is 19.7 Å². The number of carbonyl (C=O) groups is 1. The Hall–Kier alpha value is -1.31. The molecule has 0 saturated heterocycles. The zero-order valence-electron chi connectivity index (χ0n) is 23.8. The number of Topliss-reactive ketones (excluding diaryl/α,β-unsaturated/α-hetero) is 1. The Morgan fingerprint density at radius 2 is 1.61 bits per heavy atom. The van der Waals surface area contributed by atoms with E-state index in [1.165, 1.54) is 5.57 Å². The first-order chi connectivity index (χ1) is 17.3. The average molecular weight is 557 g/mol. The Bertz CT molecular complexity index is 1210. The number of carbonyl (C=O) groups excluding carboxylic acids is 1. The summed E-state index contributed by atoms with van der Waals surface area (Å²) in [5.74, 6) is 1.78. The maximum atomic E-state index is 13.1. The molecule has 0 aromatic carbocycles. The van der Waals surface area contributed by atoms with E-state index in [0.717, 1.165) is 44.1 Å². The van der Waals surface area contributed by atoms with Gasteiger partial charge in [0.05, 0.1) is 0 Å². The third kappa shape index (κ3) is 3.73. The predicted molar refractivity (Wildman–Crippen MR) is 140 cm³/mol. The van der Waals surface area contributed by atoms with Gasteiger partial charge in [0.15, 0.2) is 5.78 Å². The van der Waals surface area contributed by atoms with Crippen LogP contribution in [0.3, 0.4) is 0 Å². The second-order valence-corrected chi connectivity index (χ2v) is 16.1. The smallest absolute Gasteiger partial charge is 0.380 e. The molecule has 0 spiro atoms. The SMILES string of the molecule is CC(C)C1=C2C3CCC4C(C)(CCC5C(C)(C)C(OS(=O)(=O)C(F)(F)F)=CCC54C)C3CCC2(C)CC1=O. The summed E-state index contributed by atoms with van der Waals surface area (Å²) in [4.78, 5) is 13.1. The van der Waals surface area contributed by atoms with Crippen LogP contribution < -0.4 is 0 Å². The molecule has 0 radical (unpaired) electrons. The quantitative estimate of drug-likeness (QED) is 0.261. The highest BCUT2D eigenvalue weighted by Crippen LogP contribution is 2.72. The lowest BCUT2D eigenvalue weighted by Gasteiger charge is -2.67. The first-order valence-corrected chi connectivity index (χ1v) is 15.7. The summed E-state index contributed by atoms with van der Waals surface area (Å²) in [7, 11) is -5.71. The Kier molecular flexibility index (Phi) is 6.21. The van der Waals surface area contributed by atoms with E-state index in [1.54, 1.807) is 6.08 Å². The van der Waals surface area contributed by atoms with E-state index >= 15 is 0 Å². The predicted octanol–water partition coefficient (Wildman–Crippen LogP) is 7.96. The number of fused-ring (bicyclic) bond motifs is 7. The van der Waals surface area contributed by atoms with E-state index in [-0.39, 0.29) is 33.8 Å². The number of hydrogen-bond acceptors (Lipinski definition) is 4. The second-order valence-electron chi connectivity index (χ2n) is 14.6. The molecule has 3 saturated carbocycles. The van der Waals surface area contributed by atoms with E-state index < -0.39 is 21.0 Å². The van der Waals surface area contributed by atoms with Crippen LogP contribution in [0.5, 0.6) is 0 Å². The molecule has 8 heteroatoms. The minimum absolute atomic E-state index is 0.0143. The standard InChI is InChI=1S/C30H43F3O4S/c1-17(2)24-20(34)16-27(5)13-10-19-18(25(24)27)8-9-22-28(19,6)14-11-21-26(3,4)23(12-15-29(21,22)7)37-38(35,36)30(31,32)33/h12,17-19,21-22H,8-11,13-16H2,1-7H3. The largest absolute Gasteiger partial charge is 0.534 e. The van der Waals surface area contributed by atoms with E-state index in [9.17, 15) is 26.4 Å². The minimum Gasteiger partial charge on any atom is -0.380 e. The minimum atomic E-state index is -5.71. The van der Waals surface area contributed by atoms with Crippen molar-refractivity contribution < 1.29 is 30.6 Å². The van der Waals surface area contributed by atoms with Crippen LogP contribution in [-0.2, 0) is 19.1 Å². The van der Waals surface area contributed by atoms with Crippen LogP contribution in [0.25, 0.3) is 0 Å². The van der Waals surface area contributed by atoms with E-state index in [4.69, 9.17) is 4.18 Å². The third-order valence-corrected chi connectivity index (χ3v) is 12.9. The summed E-state index contributed by atoms with van der Waals surface area (Å²) in [5, 5.41) is 0. The molecular weight excluding hydrogens is 513 g/mol. The van der Waals surface area contributed by atoms with E-state index in [0.29, 0.717) is 36.4 Å². The lowest BCUT2D eigenvalue weighted by molar-refractivity contribution is -0.163. The summed E-state index contributed by atoms with van der Waals surface area (Å²) in [6.07, 6.45) is 8.75. The van der Waals surface area contributed by atoms with Gasteiger partial charge >= 0.3 is 15.6 Å². The van der Waals surface area contributed by atoms with Gasteiger partial charge in [-0.1, -0.05) is 54.0 Å². The van der Waals surface area contributed by atoms with Crippen molar-refractivity contribution in [3.05, 3.63) is 23.0 Å². The maximum absolute atomic E-state index is 13.1. The van der Waals surface area contributed by atoms with Crippen molar-refractivity contribution in [1.82, 2.24) is 0 Å².